The maximum absolute atomic E-state index is 12.6. The monoisotopic (exact) mass is 198 g/mol. The van der Waals surface area contributed by atoms with E-state index >= 15 is 0 Å². The molecule has 0 N–H and O–H groups in total. The first kappa shape index (κ1) is 10.4. The second-order valence-electron chi connectivity index (χ2n) is 2.55. The SMILES string of the molecule is COc1cncc(CC#N)c1C(F)F. The fraction of sp³-hybridized carbons (Fsp3) is 0.333. The number of methoxy groups -OCH3 is 1. The zero-order chi connectivity index (χ0) is 10.6. The van der Waals surface area contributed by atoms with E-state index in [1.807, 2.05) is 0 Å². The number of nitrogens with zero attached hydrogens (tertiary/aromatic N) is 2. The first-order chi connectivity index (χ1) is 6.70. The van der Waals surface area contributed by atoms with Gasteiger partial charge in [0.1, 0.15) is 5.75 Å². The Morgan fingerprint density at radius 1 is 1.57 bits per heavy atom. The van der Waals surface area contributed by atoms with Gasteiger partial charge in [0.15, 0.2) is 0 Å². The van der Waals surface area contributed by atoms with Crippen molar-refractivity contribution in [1.82, 2.24) is 4.98 Å². The van der Waals surface area contributed by atoms with Crippen molar-refractivity contribution >= 4 is 0 Å². The molecule has 0 bridgehead atoms. The van der Waals surface area contributed by atoms with Crippen LogP contribution >= 0.6 is 0 Å². The number of halogens is 2. The highest BCUT2D eigenvalue weighted by atomic mass is 19.3. The lowest BCUT2D eigenvalue weighted by Gasteiger charge is -2.09. The lowest BCUT2D eigenvalue weighted by Crippen LogP contribution is -1.99. The molecule has 0 fully saturated rings. The molecule has 0 aliphatic carbocycles. The minimum absolute atomic E-state index is 0.0211. The van der Waals surface area contributed by atoms with Crippen molar-refractivity contribution < 1.29 is 13.5 Å². The number of hydrogen-bond donors (Lipinski definition) is 0. The molecule has 0 spiro atoms. The molecule has 1 aromatic heterocycles. The minimum atomic E-state index is -2.66. The number of hydrogen-bond acceptors (Lipinski definition) is 3. The molecule has 0 unspecified atom stereocenters. The Bertz CT molecular complexity index is 360. The second-order valence-corrected chi connectivity index (χ2v) is 2.55. The smallest absolute Gasteiger partial charge is 0.267 e. The zero-order valence-corrected chi connectivity index (χ0v) is 7.50. The number of alkyl halides is 2. The molecular weight excluding hydrogens is 190 g/mol. The summed E-state index contributed by atoms with van der Waals surface area (Å²) in [5, 5.41) is 8.43. The topological polar surface area (TPSA) is 45.9 Å². The maximum atomic E-state index is 12.6. The van der Waals surface area contributed by atoms with Gasteiger partial charge in [0.05, 0.1) is 31.4 Å². The van der Waals surface area contributed by atoms with Gasteiger partial charge in [0.25, 0.3) is 6.43 Å². The first-order valence-corrected chi connectivity index (χ1v) is 3.86. The number of aromatic nitrogens is 1. The van der Waals surface area contributed by atoms with Crippen molar-refractivity contribution in [3.63, 3.8) is 0 Å². The van der Waals surface area contributed by atoms with Crippen molar-refractivity contribution in [2.75, 3.05) is 7.11 Å². The zero-order valence-electron chi connectivity index (χ0n) is 7.50. The molecule has 1 aromatic rings. The molecule has 0 saturated heterocycles. The van der Waals surface area contributed by atoms with Crippen LogP contribution in [0.25, 0.3) is 0 Å². The van der Waals surface area contributed by atoms with E-state index in [-0.39, 0.29) is 23.3 Å². The van der Waals surface area contributed by atoms with Crippen LogP contribution in [0.1, 0.15) is 17.6 Å². The van der Waals surface area contributed by atoms with E-state index < -0.39 is 6.43 Å². The molecule has 0 aliphatic rings. The first-order valence-electron chi connectivity index (χ1n) is 3.86. The quantitative estimate of drug-likeness (QED) is 0.747. The third kappa shape index (κ3) is 1.96. The van der Waals surface area contributed by atoms with Crippen LogP contribution in [0.4, 0.5) is 8.78 Å². The summed E-state index contributed by atoms with van der Waals surface area (Å²) < 4.78 is 29.9. The van der Waals surface area contributed by atoms with Crippen LogP contribution in [0.2, 0.25) is 0 Å². The van der Waals surface area contributed by atoms with Gasteiger partial charge in [0.2, 0.25) is 0 Å². The van der Waals surface area contributed by atoms with Crippen molar-refractivity contribution in [2.45, 2.75) is 12.8 Å². The van der Waals surface area contributed by atoms with Gasteiger partial charge in [-0.3, -0.25) is 4.98 Å². The van der Waals surface area contributed by atoms with Crippen LogP contribution in [0.3, 0.4) is 0 Å². The fourth-order valence-corrected chi connectivity index (χ4v) is 1.13. The summed E-state index contributed by atoms with van der Waals surface area (Å²) in [6.07, 6.45) is -0.282. The number of nitriles is 1. The van der Waals surface area contributed by atoms with Crippen LogP contribution in [0.5, 0.6) is 5.75 Å². The van der Waals surface area contributed by atoms with Crippen molar-refractivity contribution in [3.8, 4) is 11.8 Å². The minimum Gasteiger partial charge on any atom is -0.495 e. The van der Waals surface area contributed by atoms with Gasteiger partial charge in [-0.05, 0) is 5.56 Å². The summed E-state index contributed by atoms with van der Waals surface area (Å²) >= 11 is 0. The Balaban J connectivity index is 3.22. The molecule has 0 amide bonds. The van der Waals surface area contributed by atoms with E-state index in [1.165, 1.54) is 19.5 Å². The molecule has 0 saturated carbocycles. The third-order valence-corrected chi connectivity index (χ3v) is 1.74. The maximum Gasteiger partial charge on any atom is 0.267 e. The molecule has 1 heterocycles. The Kier molecular flexibility index (Phi) is 3.35. The van der Waals surface area contributed by atoms with E-state index in [9.17, 15) is 8.78 Å². The summed E-state index contributed by atoms with van der Waals surface area (Å²) in [5.74, 6) is 0.0211. The molecule has 14 heavy (non-hydrogen) atoms. The van der Waals surface area contributed by atoms with E-state index in [0.29, 0.717) is 0 Å². The predicted octanol–water partition coefficient (Wildman–Crippen LogP) is 2.09. The molecule has 74 valence electrons. The lowest BCUT2D eigenvalue weighted by atomic mass is 10.1. The van der Waals surface area contributed by atoms with Crippen LogP contribution in [-0.4, -0.2) is 12.1 Å². The third-order valence-electron chi connectivity index (χ3n) is 1.74. The molecular formula is C9H8F2N2O. The molecule has 1 rings (SSSR count). The lowest BCUT2D eigenvalue weighted by molar-refractivity contribution is 0.146. The average molecular weight is 198 g/mol. The number of ether oxygens (including phenoxy) is 1. The van der Waals surface area contributed by atoms with Gasteiger partial charge in [-0.25, -0.2) is 8.78 Å². The second kappa shape index (κ2) is 4.51. The average Bonchev–Trinajstić information content (AvgIpc) is 2.17. The fourth-order valence-electron chi connectivity index (χ4n) is 1.13. The van der Waals surface area contributed by atoms with E-state index in [0.717, 1.165) is 0 Å². The largest absolute Gasteiger partial charge is 0.495 e. The molecule has 0 aliphatic heterocycles. The van der Waals surface area contributed by atoms with Crippen LogP contribution in [-0.2, 0) is 6.42 Å². The predicted molar refractivity (Wildman–Crippen MR) is 45.1 cm³/mol. The Morgan fingerprint density at radius 3 is 2.79 bits per heavy atom. The number of pyridine rings is 1. The van der Waals surface area contributed by atoms with Gasteiger partial charge in [-0.15, -0.1) is 0 Å². The Hall–Kier alpha value is -1.70. The molecule has 0 aromatic carbocycles. The van der Waals surface area contributed by atoms with Gasteiger partial charge in [0, 0.05) is 6.20 Å². The van der Waals surface area contributed by atoms with Crippen molar-refractivity contribution in [2.24, 2.45) is 0 Å². The van der Waals surface area contributed by atoms with Crippen LogP contribution in [0, 0.1) is 11.3 Å². The standard InChI is InChI=1S/C9H8F2N2O/c1-14-7-5-13-4-6(2-3-12)8(7)9(10)11/h4-5,9H,2H2,1H3. The Morgan fingerprint density at radius 2 is 2.29 bits per heavy atom. The van der Waals surface area contributed by atoms with E-state index in [2.05, 4.69) is 4.98 Å². The summed E-state index contributed by atoms with van der Waals surface area (Å²) in [5.41, 5.74) is -0.0362. The highest BCUT2D eigenvalue weighted by Gasteiger charge is 2.18. The molecule has 0 atom stereocenters. The highest BCUT2D eigenvalue weighted by Crippen LogP contribution is 2.31. The van der Waals surface area contributed by atoms with Gasteiger partial charge in [-0.1, -0.05) is 0 Å². The van der Waals surface area contributed by atoms with E-state index in [1.54, 1.807) is 6.07 Å². The van der Waals surface area contributed by atoms with Gasteiger partial charge >= 0.3 is 0 Å². The number of rotatable bonds is 3. The van der Waals surface area contributed by atoms with Gasteiger partial charge in [-0.2, -0.15) is 5.26 Å². The normalized spacial score (nSPS) is 9.93. The highest BCUT2D eigenvalue weighted by molar-refractivity contribution is 5.39. The molecule has 0 radical (unpaired) electrons. The summed E-state index contributed by atoms with van der Waals surface area (Å²) in [7, 11) is 1.29. The van der Waals surface area contributed by atoms with Crippen molar-refractivity contribution in [1.29, 1.82) is 5.26 Å². The molecule has 3 nitrogen and oxygen atoms in total. The summed E-state index contributed by atoms with van der Waals surface area (Å²) in [4.78, 5) is 3.71. The van der Waals surface area contributed by atoms with Crippen LogP contribution < -0.4 is 4.74 Å². The van der Waals surface area contributed by atoms with E-state index in [4.69, 9.17) is 10.00 Å². The summed E-state index contributed by atoms with van der Waals surface area (Å²) in [6, 6.07) is 1.80. The van der Waals surface area contributed by atoms with Crippen molar-refractivity contribution in [3.05, 3.63) is 23.5 Å². The molecule has 5 heteroatoms. The Labute approximate surface area is 79.9 Å². The summed E-state index contributed by atoms with van der Waals surface area (Å²) in [6.45, 7) is 0. The van der Waals surface area contributed by atoms with Gasteiger partial charge < -0.3 is 4.74 Å². The van der Waals surface area contributed by atoms with Crippen LogP contribution in [0.15, 0.2) is 12.4 Å².